The highest BCUT2D eigenvalue weighted by molar-refractivity contribution is 6.01. The van der Waals surface area contributed by atoms with Gasteiger partial charge in [-0.25, -0.2) is 0 Å². The molecular formula is C17H16F3N3O2. The Kier molecular flexibility index (Phi) is 5.74. The van der Waals surface area contributed by atoms with E-state index in [1.54, 1.807) is 0 Å². The van der Waals surface area contributed by atoms with E-state index >= 15 is 0 Å². The molecule has 0 heterocycles. The van der Waals surface area contributed by atoms with Crippen LogP contribution in [0.5, 0.6) is 0 Å². The van der Waals surface area contributed by atoms with Crippen LogP contribution in [0.4, 0.5) is 24.5 Å². The molecule has 2 rings (SSSR count). The second kappa shape index (κ2) is 7.78. The van der Waals surface area contributed by atoms with Gasteiger partial charge in [-0.05, 0) is 24.1 Å². The Balaban J connectivity index is 2.36. The zero-order valence-corrected chi connectivity index (χ0v) is 13.4. The molecule has 2 aromatic carbocycles. The van der Waals surface area contributed by atoms with Crippen LogP contribution in [0, 0.1) is 10.1 Å². The number of hydrazone groups is 1. The molecule has 0 saturated heterocycles. The van der Waals surface area contributed by atoms with Crippen molar-refractivity contribution in [3.8, 4) is 0 Å². The van der Waals surface area contributed by atoms with Gasteiger partial charge in [-0.3, -0.25) is 15.5 Å². The van der Waals surface area contributed by atoms with Crippen LogP contribution >= 0.6 is 0 Å². The Morgan fingerprint density at radius 3 is 2.44 bits per heavy atom. The second-order valence-corrected chi connectivity index (χ2v) is 5.27. The third kappa shape index (κ3) is 4.79. The molecule has 0 radical (unpaired) electrons. The predicted octanol–water partition coefficient (Wildman–Crippen LogP) is 5.23. The number of nitrogens with zero attached hydrogens (tertiary/aromatic N) is 2. The molecule has 0 saturated carbocycles. The fourth-order valence-corrected chi connectivity index (χ4v) is 2.21. The average Bonchev–Trinajstić information content (AvgIpc) is 2.58. The Morgan fingerprint density at radius 2 is 1.88 bits per heavy atom. The Hall–Kier alpha value is -2.90. The summed E-state index contributed by atoms with van der Waals surface area (Å²) in [6.07, 6.45) is -3.24. The summed E-state index contributed by atoms with van der Waals surface area (Å²) in [5.41, 5.74) is 2.19. The fraction of sp³-hybridized carbons (Fsp3) is 0.235. The van der Waals surface area contributed by atoms with Crippen LogP contribution in [0.15, 0.2) is 53.6 Å². The lowest BCUT2D eigenvalue weighted by atomic mass is 10.1. The van der Waals surface area contributed by atoms with Gasteiger partial charge in [0.25, 0.3) is 5.69 Å². The number of nitro groups is 1. The molecule has 0 amide bonds. The third-order valence-corrected chi connectivity index (χ3v) is 3.43. The number of hydrogen-bond donors (Lipinski definition) is 1. The van der Waals surface area contributed by atoms with Crippen molar-refractivity contribution < 1.29 is 18.1 Å². The van der Waals surface area contributed by atoms with Crippen molar-refractivity contribution in [2.45, 2.75) is 25.9 Å². The van der Waals surface area contributed by atoms with E-state index < -0.39 is 22.4 Å². The Labute approximate surface area is 142 Å². The summed E-state index contributed by atoms with van der Waals surface area (Å²) in [7, 11) is 0. The van der Waals surface area contributed by atoms with Crippen LogP contribution in [0.25, 0.3) is 0 Å². The van der Waals surface area contributed by atoms with Crippen LogP contribution in [-0.2, 0) is 6.18 Å². The van der Waals surface area contributed by atoms with Crippen molar-refractivity contribution in [2.75, 3.05) is 5.43 Å². The summed E-state index contributed by atoms with van der Waals surface area (Å²) >= 11 is 0. The van der Waals surface area contributed by atoms with Crippen LogP contribution in [0.2, 0.25) is 0 Å². The van der Waals surface area contributed by atoms with Gasteiger partial charge in [0.1, 0.15) is 5.69 Å². The van der Waals surface area contributed by atoms with Crippen molar-refractivity contribution in [1.82, 2.24) is 0 Å². The van der Waals surface area contributed by atoms with Crippen LogP contribution < -0.4 is 5.43 Å². The van der Waals surface area contributed by atoms with Gasteiger partial charge in [0, 0.05) is 6.07 Å². The summed E-state index contributed by atoms with van der Waals surface area (Å²) in [6.45, 7) is 1.96. The Morgan fingerprint density at radius 1 is 1.20 bits per heavy atom. The highest BCUT2D eigenvalue weighted by atomic mass is 19.4. The lowest BCUT2D eigenvalue weighted by Crippen LogP contribution is -2.08. The summed E-state index contributed by atoms with van der Waals surface area (Å²) in [5, 5.41) is 15.3. The first-order valence-electron chi connectivity index (χ1n) is 7.56. The second-order valence-electron chi connectivity index (χ2n) is 5.27. The van der Waals surface area contributed by atoms with Gasteiger partial charge in [0.15, 0.2) is 0 Å². The monoisotopic (exact) mass is 351 g/mol. The van der Waals surface area contributed by atoms with Gasteiger partial charge in [-0.1, -0.05) is 43.7 Å². The van der Waals surface area contributed by atoms with Crippen LogP contribution in [0.1, 0.15) is 30.9 Å². The van der Waals surface area contributed by atoms with Crippen molar-refractivity contribution >= 4 is 17.1 Å². The first kappa shape index (κ1) is 18.4. The molecule has 0 atom stereocenters. The smallest absolute Gasteiger partial charge is 0.271 e. The van der Waals surface area contributed by atoms with Crippen molar-refractivity contribution in [3.05, 3.63) is 69.8 Å². The normalized spacial score (nSPS) is 12.1. The molecule has 5 nitrogen and oxygen atoms in total. The SMILES string of the molecule is CCC/C(=N\Nc1ccc(C(F)(F)F)cc1[N+](=O)[O-])c1ccccc1. The van der Waals surface area contributed by atoms with E-state index in [2.05, 4.69) is 10.5 Å². The molecular weight excluding hydrogens is 335 g/mol. The number of hydrogen-bond acceptors (Lipinski definition) is 4. The molecule has 0 aromatic heterocycles. The molecule has 0 fully saturated rings. The molecule has 2 aromatic rings. The first-order valence-corrected chi connectivity index (χ1v) is 7.56. The Bertz CT molecular complexity index is 774. The molecule has 0 unspecified atom stereocenters. The summed E-state index contributed by atoms with van der Waals surface area (Å²) in [4.78, 5) is 10.2. The topological polar surface area (TPSA) is 67.5 Å². The van der Waals surface area contributed by atoms with E-state index in [-0.39, 0.29) is 5.69 Å². The summed E-state index contributed by atoms with van der Waals surface area (Å²) in [5.74, 6) is 0. The standard InChI is InChI=1S/C17H16F3N3O2/c1-2-6-14(12-7-4-3-5-8-12)21-22-15-10-9-13(17(18,19)20)11-16(15)23(24)25/h3-5,7-11,22H,2,6H2,1H3/b21-14+. The van der Waals surface area contributed by atoms with Crippen LogP contribution in [0.3, 0.4) is 0 Å². The van der Waals surface area contributed by atoms with E-state index in [1.165, 1.54) is 0 Å². The molecule has 0 spiro atoms. The highest BCUT2D eigenvalue weighted by Gasteiger charge is 2.33. The quantitative estimate of drug-likeness (QED) is 0.440. The van der Waals surface area contributed by atoms with Gasteiger partial charge in [0.2, 0.25) is 0 Å². The molecule has 1 N–H and O–H groups in total. The van der Waals surface area contributed by atoms with E-state index in [4.69, 9.17) is 0 Å². The molecule has 0 aliphatic heterocycles. The lowest BCUT2D eigenvalue weighted by molar-refractivity contribution is -0.384. The molecule has 132 valence electrons. The van der Waals surface area contributed by atoms with Crippen LogP contribution in [-0.4, -0.2) is 10.6 Å². The number of halogens is 3. The summed E-state index contributed by atoms with van der Waals surface area (Å²) in [6, 6.07) is 11.5. The number of nitro benzene ring substituents is 1. The summed E-state index contributed by atoms with van der Waals surface area (Å²) < 4.78 is 38.2. The van der Waals surface area contributed by atoms with Gasteiger partial charge >= 0.3 is 6.18 Å². The van der Waals surface area contributed by atoms with Crippen molar-refractivity contribution in [2.24, 2.45) is 5.10 Å². The van der Waals surface area contributed by atoms with E-state index in [0.29, 0.717) is 18.2 Å². The van der Waals surface area contributed by atoms with Gasteiger partial charge in [-0.15, -0.1) is 0 Å². The first-order chi connectivity index (χ1) is 11.8. The molecule has 0 bridgehead atoms. The zero-order chi connectivity index (χ0) is 18.4. The predicted molar refractivity (Wildman–Crippen MR) is 89.6 cm³/mol. The molecule has 0 aliphatic carbocycles. The maximum atomic E-state index is 12.7. The van der Waals surface area contributed by atoms with Gasteiger partial charge < -0.3 is 0 Å². The molecule has 8 heteroatoms. The zero-order valence-electron chi connectivity index (χ0n) is 13.4. The maximum Gasteiger partial charge on any atom is 0.416 e. The van der Waals surface area contributed by atoms with Crippen molar-refractivity contribution in [1.29, 1.82) is 0 Å². The molecule has 25 heavy (non-hydrogen) atoms. The maximum absolute atomic E-state index is 12.7. The number of nitrogens with one attached hydrogen (secondary N) is 1. The number of benzene rings is 2. The van der Waals surface area contributed by atoms with E-state index in [9.17, 15) is 23.3 Å². The lowest BCUT2D eigenvalue weighted by Gasteiger charge is -2.10. The molecule has 0 aliphatic rings. The minimum absolute atomic E-state index is 0.0949. The highest BCUT2D eigenvalue weighted by Crippen LogP contribution is 2.35. The fourth-order valence-electron chi connectivity index (χ4n) is 2.21. The van der Waals surface area contributed by atoms with E-state index in [1.807, 2.05) is 37.3 Å². The number of rotatable bonds is 6. The largest absolute Gasteiger partial charge is 0.416 e. The van der Waals surface area contributed by atoms with Crippen molar-refractivity contribution in [3.63, 3.8) is 0 Å². The number of alkyl halides is 3. The third-order valence-electron chi connectivity index (χ3n) is 3.43. The minimum Gasteiger partial charge on any atom is -0.271 e. The van der Waals surface area contributed by atoms with Gasteiger partial charge in [-0.2, -0.15) is 18.3 Å². The average molecular weight is 351 g/mol. The number of anilines is 1. The minimum atomic E-state index is -4.65. The van der Waals surface area contributed by atoms with Gasteiger partial charge in [0.05, 0.1) is 16.2 Å². The van der Waals surface area contributed by atoms with E-state index in [0.717, 1.165) is 24.1 Å².